The smallest absolute Gasteiger partial charge is 0.146 e. The van der Waals surface area contributed by atoms with E-state index in [0.717, 1.165) is 23.7 Å². The minimum absolute atomic E-state index is 0.118. The van der Waals surface area contributed by atoms with Crippen molar-refractivity contribution >= 4 is 0 Å². The highest BCUT2D eigenvalue weighted by atomic mass is 16.6. The molecule has 0 aromatic carbocycles. The second-order valence-corrected chi connectivity index (χ2v) is 2.78. The van der Waals surface area contributed by atoms with Gasteiger partial charge in [0.2, 0.25) is 0 Å². The minimum atomic E-state index is 0.118. The van der Waals surface area contributed by atoms with Crippen molar-refractivity contribution in [3.63, 3.8) is 0 Å². The van der Waals surface area contributed by atoms with E-state index in [4.69, 9.17) is 14.2 Å². The molecule has 0 N–H and O–H groups in total. The van der Waals surface area contributed by atoms with Gasteiger partial charge in [-0.1, -0.05) is 0 Å². The molecule has 1 atom stereocenters. The molecule has 0 saturated carbocycles. The summed E-state index contributed by atoms with van der Waals surface area (Å²) in [5, 5.41) is 0. The molecule has 1 fully saturated rings. The zero-order chi connectivity index (χ0) is 9.26. The van der Waals surface area contributed by atoms with E-state index in [1.54, 1.807) is 26.6 Å². The molecule has 0 bridgehead atoms. The van der Waals surface area contributed by atoms with Crippen LogP contribution in [0.1, 0.15) is 11.7 Å². The zero-order valence-electron chi connectivity index (χ0n) is 7.61. The van der Waals surface area contributed by atoms with Crippen molar-refractivity contribution in [2.45, 2.75) is 6.10 Å². The van der Waals surface area contributed by atoms with E-state index >= 15 is 0 Å². The fourth-order valence-electron chi connectivity index (χ4n) is 1.29. The lowest BCUT2D eigenvalue weighted by Crippen LogP contribution is -1.96. The van der Waals surface area contributed by atoms with E-state index in [2.05, 4.69) is 4.98 Å². The molecule has 4 heteroatoms. The number of pyridine rings is 1. The van der Waals surface area contributed by atoms with Crippen molar-refractivity contribution in [1.82, 2.24) is 4.98 Å². The Hall–Kier alpha value is -1.29. The van der Waals surface area contributed by atoms with Gasteiger partial charge in [0.15, 0.2) is 0 Å². The van der Waals surface area contributed by atoms with Crippen LogP contribution in [-0.2, 0) is 4.74 Å². The van der Waals surface area contributed by atoms with Crippen LogP contribution in [0.25, 0.3) is 0 Å². The van der Waals surface area contributed by atoms with Gasteiger partial charge >= 0.3 is 0 Å². The van der Waals surface area contributed by atoms with Gasteiger partial charge in [0.25, 0.3) is 0 Å². The third-order valence-electron chi connectivity index (χ3n) is 2.01. The molecule has 1 aliphatic rings. The Bertz CT molecular complexity index is 287. The maximum absolute atomic E-state index is 5.19. The molecule has 0 unspecified atom stereocenters. The van der Waals surface area contributed by atoms with Gasteiger partial charge in [-0.25, -0.2) is 0 Å². The van der Waals surface area contributed by atoms with Gasteiger partial charge in [-0.3, -0.25) is 4.98 Å². The van der Waals surface area contributed by atoms with Crippen LogP contribution in [0.3, 0.4) is 0 Å². The van der Waals surface area contributed by atoms with Gasteiger partial charge in [0.1, 0.15) is 17.6 Å². The van der Waals surface area contributed by atoms with E-state index in [0.29, 0.717) is 0 Å². The molecule has 4 nitrogen and oxygen atoms in total. The number of nitrogens with zero attached hydrogens (tertiary/aromatic N) is 1. The topological polar surface area (TPSA) is 43.9 Å². The molecule has 1 saturated heterocycles. The summed E-state index contributed by atoms with van der Waals surface area (Å²) in [6, 6.07) is 0. The highest BCUT2D eigenvalue weighted by Gasteiger charge is 2.31. The summed E-state index contributed by atoms with van der Waals surface area (Å²) in [5.74, 6) is 1.45. The highest BCUT2D eigenvalue weighted by Crippen LogP contribution is 2.41. The Kier molecular flexibility index (Phi) is 2.06. The monoisotopic (exact) mass is 181 g/mol. The second kappa shape index (κ2) is 3.22. The van der Waals surface area contributed by atoms with Crippen molar-refractivity contribution in [2.75, 3.05) is 20.8 Å². The van der Waals surface area contributed by atoms with Gasteiger partial charge in [-0.15, -0.1) is 0 Å². The summed E-state index contributed by atoms with van der Waals surface area (Å²) in [6.07, 6.45) is 3.45. The second-order valence-electron chi connectivity index (χ2n) is 2.78. The molecule has 0 amide bonds. The summed E-state index contributed by atoms with van der Waals surface area (Å²) in [6.45, 7) is 0.733. The van der Waals surface area contributed by atoms with Gasteiger partial charge in [0, 0.05) is 0 Å². The van der Waals surface area contributed by atoms with Crippen molar-refractivity contribution in [1.29, 1.82) is 0 Å². The van der Waals surface area contributed by atoms with Crippen molar-refractivity contribution in [3.8, 4) is 11.5 Å². The highest BCUT2D eigenvalue weighted by molar-refractivity contribution is 5.44. The Morgan fingerprint density at radius 1 is 1.31 bits per heavy atom. The number of rotatable bonds is 3. The van der Waals surface area contributed by atoms with Crippen molar-refractivity contribution in [2.24, 2.45) is 0 Å². The van der Waals surface area contributed by atoms with Crippen LogP contribution in [0.5, 0.6) is 11.5 Å². The van der Waals surface area contributed by atoms with Crippen LogP contribution in [-0.4, -0.2) is 25.8 Å². The molecule has 0 aliphatic carbocycles. The normalized spacial score (nSPS) is 19.7. The lowest BCUT2D eigenvalue weighted by Gasteiger charge is -2.09. The van der Waals surface area contributed by atoms with E-state index in [1.165, 1.54) is 0 Å². The summed E-state index contributed by atoms with van der Waals surface area (Å²) >= 11 is 0. The molecule has 2 heterocycles. The standard InChI is InChI=1S/C9H11NO3/c1-11-6-3-10-4-7(12-2)9(6)8-5-13-8/h3-4,8H,5H2,1-2H3/t8-/m0/s1. The Morgan fingerprint density at radius 2 is 1.85 bits per heavy atom. The third-order valence-corrected chi connectivity index (χ3v) is 2.01. The lowest BCUT2D eigenvalue weighted by atomic mass is 10.2. The maximum Gasteiger partial charge on any atom is 0.146 e. The summed E-state index contributed by atoms with van der Waals surface area (Å²) in [7, 11) is 3.23. The largest absolute Gasteiger partial charge is 0.495 e. The molecule has 1 aromatic rings. The molecule has 0 spiro atoms. The SMILES string of the molecule is COc1cncc(OC)c1[C@@H]1CO1. The predicted octanol–water partition coefficient (Wildman–Crippen LogP) is 1.17. The maximum atomic E-state index is 5.19. The first-order valence-electron chi connectivity index (χ1n) is 4.04. The average molecular weight is 181 g/mol. The van der Waals surface area contributed by atoms with Gasteiger partial charge in [-0.2, -0.15) is 0 Å². The fraction of sp³-hybridized carbons (Fsp3) is 0.444. The van der Waals surface area contributed by atoms with Crippen LogP contribution in [0.2, 0.25) is 0 Å². The summed E-state index contributed by atoms with van der Waals surface area (Å²) in [5.41, 5.74) is 0.958. The summed E-state index contributed by atoms with van der Waals surface area (Å²) < 4.78 is 15.5. The van der Waals surface area contributed by atoms with E-state index in [-0.39, 0.29) is 6.10 Å². The van der Waals surface area contributed by atoms with E-state index in [1.807, 2.05) is 0 Å². The van der Waals surface area contributed by atoms with Crippen LogP contribution in [0.4, 0.5) is 0 Å². The van der Waals surface area contributed by atoms with Crippen molar-refractivity contribution in [3.05, 3.63) is 18.0 Å². The first-order valence-corrected chi connectivity index (χ1v) is 4.04. The molecule has 0 radical (unpaired) electrons. The number of epoxide rings is 1. The van der Waals surface area contributed by atoms with Crippen LogP contribution in [0.15, 0.2) is 12.4 Å². The molecular formula is C9H11NO3. The summed E-state index contributed by atoms with van der Waals surface area (Å²) in [4.78, 5) is 3.99. The number of hydrogen-bond donors (Lipinski definition) is 0. The first-order chi connectivity index (χ1) is 6.36. The molecule has 70 valence electrons. The Labute approximate surface area is 76.4 Å². The van der Waals surface area contributed by atoms with Gasteiger partial charge in [0.05, 0.1) is 38.8 Å². The van der Waals surface area contributed by atoms with E-state index in [9.17, 15) is 0 Å². The van der Waals surface area contributed by atoms with Gasteiger partial charge < -0.3 is 14.2 Å². The fourth-order valence-corrected chi connectivity index (χ4v) is 1.29. The van der Waals surface area contributed by atoms with Gasteiger partial charge in [-0.05, 0) is 0 Å². The van der Waals surface area contributed by atoms with Crippen LogP contribution in [0, 0.1) is 0 Å². The zero-order valence-corrected chi connectivity index (χ0v) is 7.61. The molecular weight excluding hydrogens is 170 g/mol. The Morgan fingerprint density at radius 3 is 2.23 bits per heavy atom. The first kappa shape index (κ1) is 8.31. The number of hydrogen-bond acceptors (Lipinski definition) is 4. The van der Waals surface area contributed by atoms with Crippen molar-refractivity contribution < 1.29 is 14.2 Å². The average Bonchev–Trinajstić information content (AvgIpc) is 3.00. The Balaban J connectivity index is 2.44. The van der Waals surface area contributed by atoms with E-state index < -0.39 is 0 Å². The minimum Gasteiger partial charge on any atom is -0.495 e. The molecule has 1 aromatic heterocycles. The van der Waals surface area contributed by atoms with Crippen LogP contribution >= 0.6 is 0 Å². The molecule has 1 aliphatic heterocycles. The quantitative estimate of drug-likeness (QED) is 0.656. The third kappa shape index (κ3) is 1.45. The molecule has 13 heavy (non-hydrogen) atoms. The number of ether oxygens (including phenoxy) is 3. The lowest BCUT2D eigenvalue weighted by molar-refractivity contribution is 0.357. The predicted molar refractivity (Wildman–Crippen MR) is 46.0 cm³/mol. The van der Waals surface area contributed by atoms with Crippen LogP contribution < -0.4 is 9.47 Å². The molecule has 2 rings (SSSR count). The number of aromatic nitrogens is 1. The number of methoxy groups -OCH3 is 2.